The third-order valence-electron chi connectivity index (χ3n) is 3.39. The van der Waals surface area contributed by atoms with Crippen molar-refractivity contribution in [1.82, 2.24) is 0 Å². The Hall–Kier alpha value is -2.75. The molecule has 4 heteroatoms. The second kappa shape index (κ2) is 5.32. The van der Waals surface area contributed by atoms with Crippen LogP contribution in [0.15, 0.2) is 60.4 Å². The van der Waals surface area contributed by atoms with E-state index in [1.54, 1.807) is 31.4 Å². The Kier molecular flexibility index (Phi) is 3.36. The number of methoxy groups -OCH3 is 1. The van der Waals surface area contributed by atoms with Crippen molar-refractivity contribution in [2.75, 3.05) is 7.11 Å². The van der Waals surface area contributed by atoms with Gasteiger partial charge < -0.3 is 14.6 Å². The van der Waals surface area contributed by atoms with Gasteiger partial charge in [0.1, 0.15) is 11.3 Å². The number of carbonyl (C=O) groups excluding carboxylic acids is 1. The number of esters is 1. The molecular formula is C17H14O4. The quantitative estimate of drug-likeness (QED) is 0.878. The average molecular weight is 282 g/mol. The topological polar surface area (TPSA) is 55.8 Å². The minimum Gasteiger partial charge on any atom is -0.507 e. The molecule has 0 spiro atoms. The van der Waals surface area contributed by atoms with E-state index in [-0.39, 0.29) is 11.3 Å². The van der Waals surface area contributed by atoms with E-state index in [9.17, 15) is 9.90 Å². The highest BCUT2D eigenvalue weighted by Gasteiger charge is 2.36. The molecule has 0 saturated heterocycles. The van der Waals surface area contributed by atoms with Crippen LogP contribution in [-0.4, -0.2) is 18.2 Å². The summed E-state index contributed by atoms with van der Waals surface area (Å²) in [6.45, 7) is 0. The predicted octanol–water partition coefficient (Wildman–Crippen LogP) is 3.26. The van der Waals surface area contributed by atoms with Crippen molar-refractivity contribution in [2.24, 2.45) is 0 Å². The summed E-state index contributed by atoms with van der Waals surface area (Å²) in [5.74, 6) is 0.0119. The molecule has 0 fully saturated rings. The smallest absolute Gasteiger partial charge is 0.343 e. The van der Waals surface area contributed by atoms with Gasteiger partial charge in [0.2, 0.25) is 0 Å². The van der Waals surface area contributed by atoms with Gasteiger partial charge in [-0.1, -0.05) is 42.5 Å². The number of benzene rings is 2. The molecule has 0 amide bonds. The molecule has 0 radical (unpaired) electrons. The van der Waals surface area contributed by atoms with E-state index < -0.39 is 12.1 Å². The van der Waals surface area contributed by atoms with Gasteiger partial charge in [-0.2, -0.15) is 0 Å². The molecule has 0 unspecified atom stereocenters. The summed E-state index contributed by atoms with van der Waals surface area (Å²) in [5, 5.41) is 10.4. The van der Waals surface area contributed by atoms with Crippen molar-refractivity contribution in [3.63, 3.8) is 0 Å². The third kappa shape index (κ3) is 2.36. The molecule has 0 saturated carbocycles. The fraction of sp³-hybridized carbons (Fsp3) is 0.118. The van der Waals surface area contributed by atoms with Crippen LogP contribution in [0.4, 0.5) is 0 Å². The summed E-state index contributed by atoms with van der Waals surface area (Å²) >= 11 is 0. The molecule has 1 aliphatic heterocycles. The Morgan fingerprint density at radius 1 is 1.10 bits per heavy atom. The van der Waals surface area contributed by atoms with Crippen LogP contribution in [0.3, 0.4) is 0 Å². The molecule has 1 N–H and O–H groups in total. The van der Waals surface area contributed by atoms with Gasteiger partial charge in [0, 0.05) is 5.56 Å². The minimum atomic E-state index is -0.750. The molecule has 4 nitrogen and oxygen atoms in total. The van der Waals surface area contributed by atoms with Gasteiger partial charge in [0.05, 0.1) is 7.11 Å². The Bertz CT molecular complexity index is 704. The molecule has 0 aromatic heterocycles. The first-order chi connectivity index (χ1) is 10.2. The van der Waals surface area contributed by atoms with Crippen molar-refractivity contribution >= 4 is 11.5 Å². The Balaban J connectivity index is 2.04. The number of hydrogen-bond acceptors (Lipinski definition) is 4. The molecule has 1 heterocycles. The van der Waals surface area contributed by atoms with E-state index in [0.29, 0.717) is 11.3 Å². The van der Waals surface area contributed by atoms with Crippen molar-refractivity contribution in [2.45, 2.75) is 6.10 Å². The highest BCUT2D eigenvalue weighted by molar-refractivity contribution is 6.19. The van der Waals surface area contributed by atoms with Gasteiger partial charge >= 0.3 is 5.97 Å². The Morgan fingerprint density at radius 2 is 1.86 bits per heavy atom. The third-order valence-corrected chi connectivity index (χ3v) is 3.39. The number of cyclic esters (lactones) is 1. The zero-order chi connectivity index (χ0) is 14.8. The number of aliphatic hydroxyl groups is 1. The summed E-state index contributed by atoms with van der Waals surface area (Å²) in [6.07, 6.45) is -0.750. The molecule has 0 bridgehead atoms. The van der Waals surface area contributed by atoms with Crippen LogP contribution in [0.2, 0.25) is 0 Å². The molecule has 1 atom stereocenters. The number of hydrogen-bond donors (Lipinski definition) is 1. The van der Waals surface area contributed by atoms with Crippen LogP contribution in [0.25, 0.3) is 5.57 Å². The summed E-state index contributed by atoms with van der Waals surface area (Å²) in [4.78, 5) is 12.1. The fourth-order valence-corrected chi connectivity index (χ4v) is 2.36. The van der Waals surface area contributed by atoms with E-state index in [2.05, 4.69) is 0 Å². The molecule has 2 aromatic carbocycles. The second-order valence-corrected chi connectivity index (χ2v) is 4.69. The SMILES string of the molecule is COc1cccc(C2=C(O)[C@H](c3ccccc3)OC2=O)c1. The van der Waals surface area contributed by atoms with Crippen molar-refractivity contribution in [3.05, 3.63) is 71.5 Å². The Labute approximate surface area is 122 Å². The number of ether oxygens (including phenoxy) is 2. The van der Waals surface area contributed by atoms with Gasteiger partial charge in [-0.05, 0) is 17.7 Å². The van der Waals surface area contributed by atoms with Crippen LogP contribution >= 0.6 is 0 Å². The lowest BCUT2D eigenvalue weighted by Gasteiger charge is -2.09. The lowest BCUT2D eigenvalue weighted by Crippen LogP contribution is -2.03. The summed E-state index contributed by atoms with van der Waals surface area (Å²) < 4.78 is 10.4. The normalized spacial score (nSPS) is 17.8. The van der Waals surface area contributed by atoms with E-state index in [4.69, 9.17) is 9.47 Å². The minimum absolute atomic E-state index is 0.0700. The zero-order valence-electron chi connectivity index (χ0n) is 11.4. The zero-order valence-corrected chi connectivity index (χ0v) is 11.4. The van der Waals surface area contributed by atoms with Gasteiger partial charge in [-0.25, -0.2) is 4.79 Å². The first kappa shape index (κ1) is 13.2. The van der Waals surface area contributed by atoms with Crippen LogP contribution in [0, 0.1) is 0 Å². The van der Waals surface area contributed by atoms with Gasteiger partial charge in [0.25, 0.3) is 0 Å². The molecule has 2 aromatic rings. The van der Waals surface area contributed by atoms with Crippen molar-refractivity contribution < 1.29 is 19.4 Å². The Morgan fingerprint density at radius 3 is 2.57 bits per heavy atom. The number of rotatable bonds is 3. The maximum absolute atomic E-state index is 12.1. The summed E-state index contributed by atoms with van der Waals surface area (Å²) in [6, 6.07) is 16.1. The van der Waals surface area contributed by atoms with Crippen LogP contribution in [-0.2, 0) is 9.53 Å². The van der Waals surface area contributed by atoms with E-state index in [1.807, 2.05) is 30.3 Å². The van der Waals surface area contributed by atoms with Crippen molar-refractivity contribution in [1.29, 1.82) is 0 Å². The monoisotopic (exact) mass is 282 g/mol. The molecule has 0 aliphatic carbocycles. The molecular weight excluding hydrogens is 268 g/mol. The average Bonchev–Trinajstić information content (AvgIpc) is 2.83. The van der Waals surface area contributed by atoms with E-state index in [1.165, 1.54) is 0 Å². The predicted molar refractivity (Wildman–Crippen MR) is 77.8 cm³/mol. The van der Waals surface area contributed by atoms with Crippen LogP contribution in [0.5, 0.6) is 5.75 Å². The maximum Gasteiger partial charge on any atom is 0.343 e. The largest absolute Gasteiger partial charge is 0.507 e. The highest BCUT2D eigenvalue weighted by atomic mass is 16.6. The lowest BCUT2D eigenvalue weighted by molar-refractivity contribution is -0.138. The standard InChI is InChI=1S/C17H14O4/c1-20-13-9-5-8-12(10-13)14-15(18)16(21-17(14)19)11-6-3-2-4-7-11/h2-10,16,18H,1H3/t16-/m0/s1. The van der Waals surface area contributed by atoms with Gasteiger partial charge in [0.15, 0.2) is 11.9 Å². The fourth-order valence-electron chi connectivity index (χ4n) is 2.36. The summed E-state index contributed by atoms with van der Waals surface area (Å²) in [5.41, 5.74) is 1.50. The first-order valence-electron chi connectivity index (χ1n) is 6.54. The van der Waals surface area contributed by atoms with E-state index in [0.717, 1.165) is 5.56 Å². The highest BCUT2D eigenvalue weighted by Crippen LogP contribution is 2.38. The number of aliphatic hydroxyl groups excluding tert-OH is 1. The lowest BCUT2D eigenvalue weighted by atomic mass is 10.0. The van der Waals surface area contributed by atoms with E-state index >= 15 is 0 Å². The maximum atomic E-state index is 12.1. The molecule has 21 heavy (non-hydrogen) atoms. The van der Waals surface area contributed by atoms with Gasteiger partial charge in [-0.3, -0.25) is 0 Å². The molecule has 106 valence electrons. The summed E-state index contributed by atoms with van der Waals surface area (Å²) in [7, 11) is 1.55. The van der Waals surface area contributed by atoms with Crippen LogP contribution in [0.1, 0.15) is 17.2 Å². The molecule has 1 aliphatic rings. The van der Waals surface area contributed by atoms with Crippen LogP contribution < -0.4 is 4.74 Å². The van der Waals surface area contributed by atoms with Crippen molar-refractivity contribution in [3.8, 4) is 5.75 Å². The van der Waals surface area contributed by atoms with Gasteiger partial charge in [-0.15, -0.1) is 0 Å². The molecule has 3 rings (SSSR count). The first-order valence-corrected chi connectivity index (χ1v) is 6.54. The second-order valence-electron chi connectivity index (χ2n) is 4.69. The number of carbonyl (C=O) groups is 1.